The van der Waals surface area contributed by atoms with Gasteiger partial charge in [-0.05, 0) is 50.1 Å². The molecule has 1 aliphatic carbocycles. The molecule has 1 aromatic heterocycles. The monoisotopic (exact) mass is 402 g/mol. The molecule has 1 aromatic carbocycles. The van der Waals surface area contributed by atoms with Crippen LogP contribution in [0.2, 0.25) is 5.02 Å². The number of fused-ring (bicyclic) bond motifs is 1. The second-order valence-electron chi connectivity index (χ2n) is 6.30. The molecule has 2 aromatic rings. The van der Waals surface area contributed by atoms with Gasteiger partial charge in [-0.15, -0.1) is 0 Å². The Morgan fingerprint density at radius 2 is 1.89 bits per heavy atom. The number of benzene rings is 1. The number of Topliss-reactive ketones (excluding diaryl/α,β-unsaturated/α-hetero) is 1. The van der Waals surface area contributed by atoms with E-state index in [9.17, 15) is 19.2 Å². The number of esters is 1. The molecule has 146 valence electrons. The lowest BCUT2D eigenvalue weighted by atomic mass is 9.92. The fourth-order valence-corrected chi connectivity index (χ4v) is 3.30. The fraction of sp³-hybridized carbons (Fsp3) is 0.300. The standard InChI is InChI=1S/C20H19ClN2O5/c1-2-28-18(25)11-22-19(26)15-10-14-16(4-3-5-17(14)24)23(20(15)27)13-8-6-12(21)7-9-13/h6-10H,2-5,11H2,1H3,(H,22,26). The summed E-state index contributed by atoms with van der Waals surface area (Å²) in [4.78, 5) is 49.5. The number of hydrogen-bond acceptors (Lipinski definition) is 5. The number of aromatic nitrogens is 1. The number of rotatable bonds is 5. The smallest absolute Gasteiger partial charge is 0.325 e. The van der Waals surface area contributed by atoms with Crippen molar-refractivity contribution in [2.75, 3.05) is 13.2 Å². The zero-order chi connectivity index (χ0) is 20.3. The van der Waals surface area contributed by atoms with E-state index in [2.05, 4.69) is 5.32 Å². The molecule has 0 atom stereocenters. The average Bonchev–Trinajstić information content (AvgIpc) is 2.67. The number of nitrogens with zero attached hydrogens (tertiary/aromatic N) is 1. The highest BCUT2D eigenvalue weighted by molar-refractivity contribution is 6.30. The molecule has 0 aliphatic heterocycles. The van der Waals surface area contributed by atoms with Crippen molar-refractivity contribution in [1.82, 2.24) is 9.88 Å². The molecule has 1 N–H and O–H groups in total. The van der Waals surface area contributed by atoms with Crippen LogP contribution in [0.1, 0.15) is 46.2 Å². The quantitative estimate of drug-likeness (QED) is 0.774. The van der Waals surface area contributed by atoms with Crippen molar-refractivity contribution in [1.29, 1.82) is 0 Å². The van der Waals surface area contributed by atoms with Gasteiger partial charge in [-0.1, -0.05) is 11.6 Å². The molecule has 0 bridgehead atoms. The Morgan fingerprint density at radius 3 is 2.57 bits per heavy atom. The van der Waals surface area contributed by atoms with E-state index in [0.717, 1.165) is 0 Å². The molecule has 0 spiro atoms. The largest absolute Gasteiger partial charge is 0.465 e. The lowest BCUT2D eigenvalue weighted by Crippen LogP contribution is -2.38. The third-order valence-electron chi connectivity index (χ3n) is 4.45. The topological polar surface area (TPSA) is 94.5 Å². The Kier molecular flexibility index (Phi) is 5.94. The molecule has 1 amide bonds. The molecule has 8 heteroatoms. The summed E-state index contributed by atoms with van der Waals surface area (Å²) in [6, 6.07) is 7.90. The van der Waals surface area contributed by atoms with Crippen LogP contribution in [0.4, 0.5) is 0 Å². The first kappa shape index (κ1) is 19.8. The molecule has 0 fully saturated rings. The number of ether oxygens (including phenoxy) is 1. The van der Waals surface area contributed by atoms with Gasteiger partial charge in [0.2, 0.25) is 0 Å². The minimum absolute atomic E-state index is 0.122. The maximum atomic E-state index is 13.1. The molecule has 1 heterocycles. The number of carbonyl (C=O) groups excluding carboxylic acids is 3. The first-order valence-electron chi connectivity index (χ1n) is 8.94. The summed E-state index contributed by atoms with van der Waals surface area (Å²) in [6.07, 6.45) is 1.53. The van der Waals surface area contributed by atoms with Gasteiger partial charge in [0.1, 0.15) is 12.1 Å². The van der Waals surface area contributed by atoms with Crippen LogP contribution < -0.4 is 10.9 Å². The molecule has 7 nitrogen and oxygen atoms in total. The van der Waals surface area contributed by atoms with E-state index >= 15 is 0 Å². The third-order valence-corrected chi connectivity index (χ3v) is 4.70. The van der Waals surface area contributed by atoms with Crippen LogP contribution in [-0.4, -0.2) is 35.4 Å². The van der Waals surface area contributed by atoms with Crippen LogP contribution in [0.3, 0.4) is 0 Å². The van der Waals surface area contributed by atoms with Gasteiger partial charge < -0.3 is 10.1 Å². The molecule has 3 rings (SSSR count). The minimum Gasteiger partial charge on any atom is -0.465 e. The molecule has 0 radical (unpaired) electrons. The van der Waals surface area contributed by atoms with E-state index in [4.69, 9.17) is 16.3 Å². The first-order valence-corrected chi connectivity index (χ1v) is 9.32. The normalized spacial score (nSPS) is 13.0. The number of ketones is 1. The summed E-state index contributed by atoms with van der Waals surface area (Å²) in [7, 11) is 0. The Hall–Kier alpha value is -2.93. The number of amides is 1. The number of carbonyl (C=O) groups is 3. The highest BCUT2D eigenvalue weighted by atomic mass is 35.5. The third kappa shape index (κ3) is 3.99. The second-order valence-corrected chi connectivity index (χ2v) is 6.74. The van der Waals surface area contributed by atoms with Crippen LogP contribution in [-0.2, 0) is 16.0 Å². The number of pyridine rings is 1. The van der Waals surface area contributed by atoms with Crippen LogP contribution in [0, 0.1) is 0 Å². The fourth-order valence-electron chi connectivity index (χ4n) is 3.18. The summed E-state index contributed by atoms with van der Waals surface area (Å²) in [5, 5.41) is 2.88. The zero-order valence-electron chi connectivity index (χ0n) is 15.3. The lowest BCUT2D eigenvalue weighted by Gasteiger charge is -2.21. The SMILES string of the molecule is CCOC(=O)CNC(=O)c1cc2c(n(-c3ccc(Cl)cc3)c1=O)CCCC2=O. The Morgan fingerprint density at radius 1 is 1.18 bits per heavy atom. The Balaban J connectivity index is 2.08. The van der Waals surface area contributed by atoms with Crippen molar-refractivity contribution in [3.8, 4) is 5.69 Å². The van der Waals surface area contributed by atoms with E-state index in [1.807, 2.05) is 0 Å². The highest BCUT2D eigenvalue weighted by Crippen LogP contribution is 2.24. The van der Waals surface area contributed by atoms with Crippen molar-refractivity contribution in [2.45, 2.75) is 26.2 Å². The maximum absolute atomic E-state index is 13.1. The van der Waals surface area contributed by atoms with E-state index in [1.54, 1.807) is 31.2 Å². The molecular weight excluding hydrogens is 384 g/mol. The van der Waals surface area contributed by atoms with Gasteiger partial charge in [-0.3, -0.25) is 23.7 Å². The molecule has 0 saturated carbocycles. The van der Waals surface area contributed by atoms with Crippen LogP contribution >= 0.6 is 11.6 Å². The molecule has 0 saturated heterocycles. The molecule has 28 heavy (non-hydrogen) atoms. The summed E-state index contributed by atoms with van der Waals surface area (Å²) in [5.41, 5.74) is 0.679. The highest BCUT2D eigenvalue weighted by Gasteiger charge is 2.26. The molecule has 1 aliphatic rings. The van der Waals surface area contributed by atoms with Crippen molar-refractivity contribution in [3.05, 3.63) is 62.5 Å². The van der Waals surface area contributed by atoms with Crippen molar-refractivity contribution in [3.63, 3.8) is 0 Å². The van der Waals surface area contributed by atoms with E-state index in [0.29, 0.717) is 41.2 Å². The van der Waals surface area contributed by atoms with Gasteiger partial charge >= 0.3 is 5.97 Å². The maximum Gasteiger partial charge on any atom is 0.325 e. The number of halogens is 1. The zero-order valence-corrected chi connectivity index (χ0v) is 16.0. The first-order chi connectivity index (χ1) is 13.4. The van der Waals surface area contributed by atoms with Gasteiger partial charge in [0, 0.05) is 28.4 Å². The van der Waals surface area contributed by atoms with Crippen molar-refractivity contribution >= 4 is 29.3 Å². The predicted molar refractivity (Wildman–Crippen MR) is 103 cm³/mol. The van der Waals surface area contributed by atoms with Crippen LogP contribution in [0.25, 0.3) is 5.69 Å². The average molecular weight is 403 g/mol. The van der Waals surface area contributed by atoms with E-state index < -0.39 is 17.4 Å². The summed E-state index contributed by atoms with van der Waals surface area (Å²) >= 11 is 5.93. The van der Waals surface area contributed by atoms with Crippen LogP contribution in [0.5, 0.6) is 0 Å². The van der Waals surface area contributed by atoms with Gasteiger partial charge in [0.15, 0.2) is 5.78 Å². The predicted octanol–water partition coefficient (Wildman–Crippen LogP) is 2.30. The summed E-state index contributed by atoms with van der Waals surface area (Å²) < 4.78 is 6.14. The lowest BCUT2D eigenvalue weighted by molar-refractivity contribution is -0.141. The summed E-state index contributed by atoms with van der Waals surface area (Å²) in [6.45, 7) is 1.48. The van der Waals surface area contributed by atoms with E-state index in [1.165, 1.54) is 10.6 Å². The second kappa shape index (κ2) is 8.39. The van der Waals surface area contributed by atoms with Gasteiger partial charge in [-0.2, -0.15) is 0 Å². The van der Waals surface area contributed by atoms with Gasteiger partial charge in [0.25, 0.3) is 11.5 Å². The van der Waals surface area contributed by atoms with E-state index in [-0.39, 0.29) is 24.5 Å². The Labute approximate surface area is 166 Å². The van der Waals surface area contributed by atoms with Gasteiger partial charge in [0.05, 0.1) is 6.61 Å². The molecular formula is C20H19ClN2O5. The molecule has 0 unspecified atom stereocenters. The Bertz CT molecular complexity index is 995. The summed E-state index contributed by atoms with van der Waals surface area (Å²) in [5.74, 6) is -1.46. The number of nitrogens with one attached hydrogen (secondary N) is 1. The minimum atomic E-state index is -0.734. The van der Waals surface area contributed by atoms with Gasteiger partial charge in [-0.25, -0.2) is 0 Å². The van der Waals surface area contributed by atoms with Crippen LogP contribution in [0.15, 0.2) is 35.1 Å². The van der Waals surface area contributed by atoms with Crippen molar-refractivity contribution < 1.29 is 19.1 Å². The van der Waals surface area contributed by atoms with Crippen molar-refractivity contribution in [2.24, 2.45) is 0 Å². The number of hydrogen-bond donors (Lipinski definition) is 1.